The van der Waals surface area contributed by atoms with E-state index in [0.717, 1.165) is 50.5 Å². The van der Waals surface area contributed by atoms with Crippen LogP contribution in [0.5, 0.6) is 0 Å². The highest BCUT2D eigenvalue weighted by Gasteiger charge is 2.56. The third-order valence-corrected chi connectivity index (χ3v) is 11.0. The zero-order chi connectivity index (χ0) is 35.6. The van der Waals surface area contributed by atoms with Crippen molar-refractivity contribution >= 4 is 0 Å². The molecule has 0 radical (unpaired) electrons. The van der Waals surface area contributed by atoms with E-state index in [4.69, 9.17) is 19.4 Å². The first-order chi connectivity index (χ1) is 26.8. The van der Waals surface area contributed by atoms with Crippen molar-refractivity contribution < 1.29 is 4.42 Å². The van der Waals surface area contributed by atoms with Crippen molar-refractivity contribution in [1.82, 2.24) is 15.0 Å². The topological polar surface area (TPSA) is 51.8 Å². The second-order valence-corrected chi connectivity index (χ2v) is 13.9. The summed E-state index contributed by atoms with van der Waals surface area (Å²) in [7, 11) is 0. The molecule has 0 saturated carbocycles. The van der Waals surface area contributed by atoms with Crippen LogP contribution in [0.2, 0.25) is 0 Å². The molecule has 0 bridgehead atoms. The molecule has 0 unspecified atom stereocenters. The fraction of sp³-hybridized carbons (Fsp3) is 0.0200. The molecule has 0 saturated heterocycles. The summed E-state index contributed by atoms with van der Waals surface area (Å²) in [6.07, 6.45) is 0. The Morgan fingerprint density at radius 2 is 0.796 bits per heavy atom. The van der Waals surface area contributed by atoms with Crippen molar-refractivity contribution in [2.24, 2.45) is 0 Å². The summed E-state index contributed by atoms with van der Waals surface area (Å²) in [6, 6.07) is 65.8. The number of nitrogens with zero attached hydrogens (tertiary/aromatic N) is 3. The van der Waals surface area contributed by atoms with E-state index in [1.165, 1.54) is 33.4 Å². The lowest BCUT2D eigenvalue weighted by Crippen LogP contribution is -2.25. The van der Waals surface area contributed by atoms with Gasteiger partial charge in [0, 0.05) is 22.3 Å². The first-order valence-corrected chi connectivity index (χ1v) is 18.3. The standard InChI is InChI=1S/C50H31N3O/c1-5-17-32(18-6-1)36-29-30-39-42(31-36)50(40-27-15-13-25-37(40)38-26-14-16-28-41(38)50)46-43(39)44(45(54-46)33-19-7-2-8-20-33)49-52-47(34-21-9-3-10-22-34)51-48(53-49)35-23-11-4-12-24-35/h1-31H. The van der Waals surface area contributed by atoms with Crippen LogP contribution in [-0.4, -0.2) is 15.0 Å². The summed E-state index contributed by atoms with van der Waals surface area (Å²) in [4.78, 5) is 15.6. The third kappa shape index (κ3) is 4.40. The van der Waals surface area contributed by atoms with E-state index < -0.39 is 5.41 Å². The van der Waals surface area contributed by atoms with Gasteiger partial charge in [-0.2, -0.15) is 0 Å². The van der Waals surface area contributed by atoms with Crippen LogP contribution in [0.3, 0.4) is 0 Å². The Morgan fingerprint density at radius 1 is 0.333 bits per heavy atom. The molecule has 1 spiro atoms. The number of rotatable bonds is 5. The fourth-order valence-corrected chi connectivity index (χ4v) is 8.65. The smallest absolute Gasteiger partial charge is 0.168 e. The number of aromatic nitrogens is 3. The first-order valence-electron chi connectivity index (χ1n) is 18.3. The van der Waals surface area contributed by atoms with Gasteiger partial charge >= 0.3 is 0 Å². The summed E-state index contributed by atoms with van der Waals surface area (Å²) in [5.41, 5.74) is 13.4. The predicted octanol–water partition coefficient (Wildman–Crippen LogP) is 12.1. The monoisotopic (exact) mass is 689 g/mol. The highest BCUT2D eigenvalue weighted by Crippen LogP contribution is 2.66. The summed E-state index contributed by atoms with van der Waals surface area (Å²) >= 11 is 0. The van der Waals surface area contributed by atoms with Crippen LogP contribution in [0.25, 0.3) is 78.9 Å². The molecule has 54 heavy (non-hydrogen) atoms. The van der Waals surface area contributed by atoms with Crippen LogP contribution < -0.4 is 0 Å². The van der Waals surface area contributed by atoms with Gasteiger partial charge in [0.05, 0.1) is 5.56 Å². The minimum atomic E-state index is -0.706. The van der Waals surface area contributed by atoms with E-state index in [9.17, 15) is 0 Å². The molecule has 0 fully saturated rings. The van der Waals surface area contributed by atoms with Gasteiger partial charge in [-0.15, -0.1) is 0 Å². The van der Waals surface area contributed by atoms with Crippen LogP contribution in [0.1, 0.15) is 22.5 Å². The molecule has 2 aliphatic rings. The molecule has 2 aliphatic carbocycles. The zero-order valence-corrected chi connectivity index (χ0v) is 29.1. The quantitative estimate of drug-likeness (QED) is 0.180. The van der Waals surface area contributed by atoms with Crippen molar-refractivity contribution in [3.63, 3.8) is 0 Å². The molecule has 0 atom stereocenters. The van der Waals surface area contributed by atoms with Gasteiger partial charge in [0.2, 0.25) is 0 Å². The van der Waals surface area contributed by atoms with E-state index in [-0.39, 0.29) is 0 Å². The Hall–Kier alpha value is -7.17. The zero-order valence-electron chi connectivity index (χ0n) is 29.1. The maximum atomic E-state index is 7.47. The molecular weight excluding hydrogens is 659 g/mol. The Labute approximate surface area is 313 Å². The SMILES string of the molecule is c1ccc(-c2ccc3c(c2)C2(c4ccccc4-c4ccccc42)c2oc(-c4ccccc4)c(-c4nc(-c5ccccc5)nc(-c5ccccc5)n4)c2-3)cc1. The number of benzene rings is 7. The largest absolute Gasteiger partial charge is 0.458 e. The first kappa shape index (κ1) is 30.5. The lowest BCUT2D eigenvalue weighted by atomic mass is 9.72. The highest BCUT2D eigenvalue weighted by molar-refractivity contribution is 6.02. The van der Waals surface area contributed by atoms with Crippen LogP contribution in [0, 0.1) is 0 Å². The van der Waals surface area contributed by atoms with Gasteiger partial charge < -0.3 is 4.42 Å². The predicted molar refractivity (Wildman–Crippen MR) is 216 cm³/mol. The molecule has 0 N–H and O–H groups in total. The number of hydrogen-bond donors (Lipinski definition) is 0. The third-order valence-electron chi connectivity index (χ3n) is 11.0. The van der Waals surface area contributed by atoms with Crippen molar-refractivity contribution in [2.45, 2.75) is 5.41 Å². The van der Waals surface area contributed by atoms with Gasteiger partial charge in [-0.3, -0.25) is 0 Å². The molecule has 4 nitrogen and oxygen atoms in total. The lowest BCUT2D eigenvalue weighted by Gasteiger charge is -2.28. The molecule has 252 valence electrons. The maximum absolute atomic E-state index is 7.47. The average Bonchev–Trinajstić information content (AvgIpc) is 3.89. The minimum Gasteiger partial charge on any atom is -0.458 e. The second-order valence-electron chi connectivity index (χ2n) is 13.9. The van der Waals surface area contributed by atoms with Crippen LogP contribution in [0.15, 0.2) is 192 Å². The second kappa shape index (κ2) is 11.9. The Bertz CT molecular complexity index is 2760. The van der Waals surface area contributed by atoms with Gasteiger partial charge in [-0.05, 0) is 50.6 Å². The van der Waals surface area contributed by atoms with Crippen molar-refractivity contribution in [3.05, 3.63) is 211 Å². The van der Waals surface area contributed by atoms with E-state index in [2.05, 4.69) is 121 Å². The Kier molecular flexibility index (Phi) is 6.73. The summed E-state index contributed by atoms with van der Waals surface area (Å²) in [5.74, 6) is 3.41. The minimum absolute atomic E-state index is 0.571. The fourth-order valence-electron chi connectivity index (χ4n) is 8.65. The molecule has 0 amide bonds. The van der Waals surface area contributed by atoms with Crippen LogP contribution in [-0.2, 0) is 5.41 Å². The van der Waals surface area contributed by atoms with Crippen molar-refractivity contribution in [1.29, 1.82) is 0 Å². The Balaban J connectivity index is 1.29. The van der Waals surface area contributed by atoms with Crippen molar-refractivity contribution in [2.75, 3.05) is 0 Å². The number of hydrogen-bond acceptors (Lipinski definition) is 4. The van der Waals surface area contributed by atoms with E-state index in [0.29, 0.717) is 17.5 Å². The normalized spacial score (nSPS) is 13.0. The molecule has 7 aromatic carbocycles. The van der Waals surface area contributed by atoms with Crippen molar-refractivity contribution in [3.8, 4) is 78.9 Å². The van der Waals surface area contributed by atoms with Gasteiger partial charge in [0.1, 0.15) is 16.9 Å². The maximum Gasteiger partial charge on any atom is 0.168 e. The van der Waals surface area contributed by atoms with Gasteiger partial charge in [-0.1, -0.05) is 182 Å². The van der Waals surface area contributed by atoms with Crippen LogP contribution >= 0.6 is 0 Å². The summed E-state index contributed by atoms with van der Waals surface area (Å²) in [5, 5.41) is 0. The summed E-state index contributed by atoms with van der Waals surface area (Å²) < 4.78 is 7.47. The molecule has 2 heterocycles. The molecule has 9 aromatic rings. The molecule has 0 aliphatic heterocycles. The van der Waals surface area contributed by atoms with E-state index in [1.807, 2.05) is 66.7 Å². The van der Waals surface area contributed by atoms with Gasteiger partial charge in [0.15, 0.2) is 17.5 Å². The van der Waals surface area contributed by atoms with Crippen LogP contribution in [0.4, 0.5) is 0 Å². The number of furan rings is 1. The Morgan fingerprint density at radius 3 is 1.35 bits per heavy atom. The van der Waals surface area contributed by atoms with E-state index >= 15 is 0 Å². The molecule has 2 aromatic heterocycles. The summed E-state index contributed by atoms with van der Waals surface area (Å²) in [6.45, 7) is 0. The lowest BCUT2D eigenvalue weighted by molar-refractivity contribution is 0.485. The molecular formula is C50H31N3O. The van der Waals surface area contributed by atoms with Gasteiger partial charge in [-0.25, -0.2) is 15.0 Å². The van der Waals surface area contributed by atoms with Gasteiger partial charge in [0.25, 0.3) is 0 Å². The number of fused-ring (bicyclic) bond motifs is 10. The molecule has 4 heteroatoms. The average molecular weight is 690 g/mol. The highest BCUT2D eigenvalue weighted by atomic mass is 16.3. The van der Waals surface area contributed by atoms with E-state index in [1.54, 1.807) is 0 Å². The molecule has 11 rings (SSSR count).